The van der Waals surface area contributed by atoms with Crippen LogP contribution in [0.25, 0.3) is 0 Å². The second-order valence-corrected chi connectivity index (χ2v) is 6.34. The first kappa shape index (κ1) is 12.7. The van der Waals surface area contributed by atoms with Crippen molar-refractivity contribution in [1.29, 1.82) is 0 Å². The molecule has 2 heteroatoms. The van der Waals surface area contributed by atoms with Crippen LogP contribution in [-0.2, 0) is 9.53 Å². The standard InChI is InChI=1S/C15H24O2/c1-11-7-9-14(3)12(2)6-5-8-15(14,4)13(11)17-10-16/h6,10-11,13H,5,7-9H2,1-4H3/t11-,13-,14-,15-/m1/s1. The zero-order valence-electron chi connectivity index (χ0n) is 11.5. The summed E-state index contributed by atoms with van der Waals surface area (Å²) >= 11 is 0. The van der Waals surface area contributed by atoms with Crippen molar-refractivity contribution in [2.24, 2.45) is 16.7 Å². The van der Waals surface area contributed by atoms with Gasteiger partial charge in [-0.05, 0) is 43.9 Å². The van der Waals surface area contributed by atoms with E-state index in [0.717, 1.165) is 19.3 Å². The van der Waals surface area contributed by atoms with Gasteiger partial charge < -0.3 is 4.74 Å². The predicted octanol–water partition coefficient (Wildman–Crippen LogP) is 3.71. The first-order chi connectivity index (χ1) is 7.95. The largest absolute Gasteiger partial charge is 0.464 e. The van der Waals surface area contributed by atoms with Crippen molar-refractivity contribution in [2.45, 2.75) is 59.5 Å². The van der Waals surface area contributed by atoms with E-state index in [4.69, 9.17) is 4.74 Å². The van der Waals surface area contributed by atoms with Gasteiger partial charge in [-0.25, -0.2) is 0 Å². The minimum Gasteiger partial charge on any atom is -0.464 e. The average Bonchev–Trinajstić information content (AvgIpc) is 2.29. The molecule has 17 heavy (non-hydrogen) atoms. The number of rotatable bonds is 2. The molecular weight excluding hydrogens is 212 g/mol. The Labute approximate surface area is 104 Å². The number of ether oxygens (including phenoxy) is 1. The fourth-order valence-corrected chi connectivity index (χ4v) is 4.12. The summed E-state index contributed by atoms with van der Waals surface area (Å²) in [5.41, 5.74) is 1.79. The third kappa shape index (κ3) is 1.64. The number of fused-ring (bicyclic) bond motifs is 1. The Morgan fingerprint density at radius 3 is 2.76 bits per heavy atom. The van der Waals surface area contributed by atoms with Crippen molar-refractivity contribution in [3.8, 4) is 0 Å². The average molecular weight is 236 g/mol. The Hall–Kier alpha value is -0.790. The summed E-state index contributed by atoms with van der Waals surface area (Å²) in [6.45, 7) is 9.77. The van der Waals surface area contributed by atoms with E-state index in [1.54, 1.807) is 0 Å². The number of allylic oxidation sites excluding steroid dienone is 2. The van der Waals surface area contributed by atoms with Gasteiger partial charge in [0.05, 0.1) is 0 Å². The first-order valence-electron chi connectivity index (χ1n) is 6.72. The quantitative estimate of drug-likeness (QED) is 0.539. The van der Waals surface area contributed by atoms with Gasteiger partial charge in [0, 0.05) is 5.41 Å². The zero-order chi connectivity index (χ0) is 12.7. The molecule has 2 rings (SSSR count). The molecule has 1 saturated carbocycles. The molecule has 0 bridgehead atoms. The van der Waals surface area contributed by atoms with Crippen molar-refractivity contribution in [1.82, 2.24) is 0 Å². The highest BCUT2D eigenvalue weighted by Crippen LogP contribution is 2.60. The monoisotopic (exact) mass is 236 g/mol. The maximum atomic E-state index is 10.8. The fraction of sp³-hybridized carbons (Fsp3) is 0.800. The van der Waals surface area contributed by atoms with Gasteiger partial charge in [0.2, 0.25) is 0 Å². The molecular formula is C15H24O2. The van der Waals surface area contributed by atoms with E-state index >= 15 is 0 Å². The summed E-state index contributed by atoms with van der Waals surface area (Å²) in [4.78, 5) is 10.8. The van der Waals surface area contributed by atoms with Crippen LogP contribution < -0.4 is 0 Å². The Kier molecular flexibility index (Phi) is 3.09. The molecule has 96 valence electrons. The van der Waals surface area contributed by atoms with Gasteiger partial charge in [0.15, 0.2) is 0 Å². The molecule has 0 N–H and O–H groups in total. The van der Waals surface area contributed by atoms with Crippen LogP contribution in [0.15, 0.2) is 11.6 Å². The lowest BCUT2D eigenvalue weighted by Crippen LogP contribution is -2.55. The van der Waals surface area contributed by atoms with Crippen LogP contribution in [0.4, 0.5) is 0 Å². The van der Waals surface area contributed by atoms with Crippen LogP contribution >= 0.6 is 0 Å². The lowest BCUT2D eigenvalue weighted by molar-refractivity contribution is -0.164. The predicted molar refractivity (Wildman–Crippen MR) is 68.5 cm³/mol. The van der Waals surface area contributed by atoms with Crippen LogP contribution in [0.5, 0.6) is 0 Å². The van der Waals surface area contributed by atoms with Crippen LogP contribution in [-0.4, -0.2) is 12.6 Å². The maximum absolute atomic E-state index is 10.8. The zero-order valence-corrected chi connectivity index (χ0v) is 11.5. The van der Waals surface area contributed by atoms with Crippen molar-refractivity contribution in [3.63, 3.8) is 0 Å². The van der Waals surface area contributed by atoms with E-state index in [9.17, 15) is 4.79 Å². The fourth-order valence-electron chi connectivity index (χ4n) is 4.12. The third-order valence-corrected chi connectivity index (χ3v) is 5.69. The number of hydrogen-bond donors (Lipinski definition) is 0. The van der Waals surface area contributed by atoms with Crippen molar-refractivity contribution in [3.05, 3.63) is 11.6 Å². The number of hydrogen-bond acceptors (Lipinski definition) is 2. The molecule has 0 aromatic rings. The molecule has 0 spiro atoms. The molecule has 0 radical (unpaired) electrons. The molecule has 0 aliphatic heterocycles. The molecule has 0 aromatic carbocycles. The van der Waals surface area contributed by atoms with Crippen LogP contribution in [0.2, 0.25) is 0 Å². The summed E-state index contributed by atoms with van der Waals surface area (Å²) in [6.07, 6.45) is 7.05. The van der Waals surface area contributed by atoms with E-state index in [1.807, 2.05) is 0 Å². The highest BCUT2D eigenvalue weighted by molar-refractivity contribution is 5.38. The number of carbonyl (C=O) groups is 1. The summed E-state index contributed by atoms with van der Waals surface area (Å²) < 4.78 is 5.47. The van der Waals surface area contributed by atoms with Crippen LogP contribution in [0.3, 0.4) is 0 Å². The van der Waals surface area contributed by atoms with E-state index < -0.39 is 0 Å². The molecule has 0 saturated heterocycles. The molecule has 2 nitrogen and oxygen atoms in total. The Morgan fingerprint density at radius 2 is 2.12 bits per heavy atom. The molecule has 0 unspecified atom stereocenters. The second-order valence-electron chi connectivity index (χ2n) is 6.34. The smallest absolute Gasteiger partial charge is 0.293 e. The first-order valence-corrected chi connectivity index (χ1v) is 6.72. The van der Waals surface area contributed by atoms with Gasteiger partial charge in [-0.1, -0.05) is 32.4 Å². The molecule has 0 amide bonds. The van der Waals surface area contributed by atoms with Crippen molar-refractivity contribution < 1.29 is 9.53 Å². The van der Waals surface area contributed by atoms with Gasteiger partial charge >= 0.3 is 0 Å². The normalized spacial score (nSPS) is 45.8. The molecule has 2 aliphatic carbocycles. The highest BCUT2D eigenvalue weighted by Gasteiger charge is 2.56. The summed E-state index contributed by atoms with van der Waals surface area (Å²) in [5, 5.41) is 0. The van der Waals surface area contributed by atoms with E-state index in [2.05, 4.69) is 33.8 Å². The maximum Gasteiger partial charge on any atom is 0.293 e. The Morgan fingerprint density at radius 1 is 1.41 bits per heavy atom. The van der Waals surface area contributed by atoms with Gasteiger partial charge in [-0.2, -0.15) is 0 Å². The lowest BCUT2D eigenvalue weighted by Gasteiger charge is -2.58. The van der Waals surface area contributed by atoms with E-state index in [-0.39, 0.29) is 16.9 Å². The van der Waals surface area contributed by atoms with E-state index in [0.29, 0.717) is 12.4 Å². The second kappa shape index (κ2) is 4.15. The SMILES string of the molecule is CC1=CCC[C@]2(C)[C@H](OC=O)[C@H](C)CC[C@]12C. The minimum atomic E-state index is 0.0717. The van der Waals surface area contributed by atoms with Gasteiger partial charge in [-0.3, -0.25) is 4.79 Å². The van der Waals surface area contributed by atoms with Crippen LogP contribution in [0.1, 0.15) is 53.4 Å². The van der Waals surface area contributed by atoms with Gasteiger partial charge in [0.1, 0.15) is 6.10 Å². The summed E-state index contributed by atoms with van der Waals surface area (Å²) in [6, 6.07) is 0. The molecule has 2 aliphatic rings. The van der Waals surface area contributed by atoms with Crippen molar-refractivity contribution in [2.75, 3.05) is 0 Å². The third-order valence-electron chi connectivity index (χ3n) is 5.69. The highest BCUT2D eigenvalue weighted by atomic mass is 16.5. The van der Waals surface area contributed by atoms with Gasteiger partial charge in [-0.15, -0.1) is 0 Å². The lowest BCUT2D eigenvalue weighted by atomic mass is 9.48. The Balaban J connectivity index is 2.42. The summed E-state index contributed by atoms with van der Waals surface area (Å²) in [7, 11) is 0. The van der Waals surface area contributed by atoms with Crippen molar-refractivity contribution >= 4 is 6.47 Å². The topological polar surface area (TPSA) is 26.3 Å². The number of carbonyl (C=O) groups excluding carboxylic acids is 1. The Bertz CT molecular complexity index is 347. The van der Waals surface area contributed by atoms with Gasteiger partial charge in [0.25, 0.3) is 6.47 Å². The molecule has 0 aromatic heterocycles. The minimum absolute atomic E-state index is 0.0717. The molecule has 1 fully saturated rings. The van der Waals surface area contributed by atoms with Crippen LogP contribution in [0, 0.1) is 16.7 Å². The summed E-state index contributed by atoms with van der Waals surface area (Å²) in [5.74, 6) is 0.476. The molecule has 4 atom stereocenters. The van der Waals surface area contributed by atoms with E-state index in [1.165, 1.54) is 12.0 Å². The molecule has 0 heterocycles.